The third kappa shape index (κ3) is 3.44. The van der Waals surface area contributed by atoms with Crippen molar-refractivity contribution in [1.82, 2.24) is 0 Å². The quantitative estimate of drug-likeness (QED) is 0.331. The lowest BCUT2D eigenvalue weighted by Gasteiger charge is -2.40. The normalized spacial score (nSPS) is 21.8. The fraction of sp³-hybridized carbons (Fsp3) is 0.280. The van der Waals surface area contributed by atoms with Gasteiger partial charge in [-0.25, -0.2) is 4.79 Å². The van der Waals surface area contributed by atoms with Gasteiger partial charge in [0.25, 0.3) is 5.69 Å². The van der Waals surface area contributed by atoms with Gasteiger partial charge >= 0.3 is 5.97 Å². The lowest BCUT2D eigenvalue weighted by atomic mass is 9.96. The van der Waals surface area contributed by atoms with Crippen LogP contribution in [0.4, 0.5) is 11.4 Å². The Morgan fingerprint density at radius 3 is 2.28 bits per heavy atom. The lowest BCUT2D eigenvalue weighted by molar-refractivity contribution is -0.384. The van der Waals surface area contributed by atoms with E-state index in [1.807, 2.05) is 30.3 Å². The molecule has 2 heterocycles. The molecule has 0 saturated carbocycles. The smallest absolute Gasteiger partial charge is 0.338 e. The second-order valence-electron chi connectivity index (χ2n) is 8.38. The molecule has 7 nitrogen and oxygen atoms in total. The Hall–Kier alpha value is -3.92. The zero-order chi connectivity index (χ0) is 22.2. The van der Waals surface area contributed by atoms with E-state index in [0.717, 1.165) is 42.1 Å². The molecule has 32 heavy (non-hydrogen) atoms. The summed E-state index contributed by atoms with van der Waals surface area (Å²) in [6.45, 7) is 0. The van der Waals surface area contributed by atoms with Gasteiger partial charge in [0.15, 0.2) is 0 Å². The Morgan fingerprint density at radius 1 is 1.00 bits per heavy atom. The molecule has 0 aliphatic carbocycles. The number of esters is 1. The van der Waals surface area contributed by atoms with Crippen LogP contribution in [0.2, 0.25) is 0 Å². The number of ether oxygens (including phenoxy) is 1. The van der Waals surface area contributed by atoms with Crippen LogP contribution < -0.4 is 4.90 Å². The number of carbonyl (C=O) groups excluding carboxylic acids is 1. The number of nitriles is 1. The molecule has 2 bridgehead atoms. The van der Waals surface area contributed by atoms with Crippen molar-refractivity contribution in [3.63, 3.8) is 0 Å². The highest BCUT2D eigenvalue weighted by Crippen LogP contribution is 2.43. The number of fused-ring (bicyclic) bond motifs is 3. The second kappa shape index (κ2) is 7.97. The molecule has 0 radical (unpaired) electrons. The Morgan fingerprint density at radius 2 is 1.66 bits per heavy atom. The van der Waals surface area contributed by atoms with Crippen LogP contribution in [0, 0.1) is 21.4 Å². The zero-order valence-corrected chi connectivity index (χ0v) is 17.3. The Labute approximate surface area is 185 Å². The first-order valence-corrected chi connectivity index (χ1v) is 10.7. The minimum absolute atomic E-state index is 0.0532. The molecule has 0 amide bonds. The number of anilines is 1. The van der Waals surface area contributed by atoms with E-state index in [9.17, 15) is 20.2 Å². The molecular weight excluding hydrogens is 406 g/mol. The van der Waals surface area contributed by atoms with E-state index in [1.165, 1.54) is 24.3 Å². The lowest BCUT2D eigenvalue weighted by Crippen LogP contribution is -2.46. The average molecular weight is 427 g/mol. The molecule has 3 aromatic carbocycles. The summed E-state index contributed by atoms with van der Waals surface area (Å²) in [5.74, 6) is -0.443. The summed E-state index contributed by atoms with van der Waals surface area (Å²) in [6, 6.07) is 20.2. The molecule has 2 atom stereocenters. The molecule has 7 heteroatoms. The number of piperidine rings is 1. The number of hydrogen-bond acceptors (Lipinski definition) is 6. The van der Waals surface area contributed by atoms with E-state index in [4.69, 9.17) is 4.74 Å². The fourth-order valence-electron chi connectivity index (χ4n) is 5.16. The minimum atomic E-state index is -0.491. The van der Waals surface area contributed by atoms with Gasteiger partial charge in [-0.1, -0.05) is 24.3 Å². The number of nitro groups is 1. The maximum Gasteiger partial charge on any atom is 0.338 e. The van der Waals surface area contributed by atoms with Gasteiger partial charge in [-0.3, -0.25) is 10.1 Å². The Bertz CT molecular complexity index is 1230. The van der Waals surface area contributed by atoms with Crippen molar-refractivity contribution in [2.24, 2.45) is 0 Å². The first-order chi connectivity index (χ1) is 15.5. The van der Waals surface area contributed by atoms with Crippen LogP contribution in [0.15, 0.2) is 60.7 Å². The van der Waals surface area contributed by atoms with Crippen molar-refractivity contribution in [3.8, 4) is 6.07 Å². The largest absolute Gasteiger partial charge is 0.459 e. The maximum atomic E-state index is 12.6. The number of benzene rings is 3. The van der Waals surface area contributed by atoms with Gasteiger partial charge in [0.1, 0.15) is 6.10 Å². The molecule has 0 N–H and O–H groups in total. The van der Waals surface area contributed by atoms with Crippen molar-refractivity contribution in [2.75, 3.05) is 4.90 Å². The molecule has 5 rings (SSSR count). The Kier molecular flexibility index (Phi) is 4.98. The highest BCUT2D eigenvalue weighted by atomic mass is 16.6. The van der Waals surface area contributed by atoms with Crippen LogP contribution in [0.3, 0.4) is 0 Å². The SMILES string of the molecule is N#Cc1ccc(N2C3CCC2CC(OC(=O)c2ccc([N+](=O)[O-])cc2)C3)c2ccccc12. The van der Waals surface area contributed by atoms with E-state index >= 15 is 0 Å². The van der Waals surface area contributed by atoms with E-state index in [0.29, 0.717) is 11.1 Å². The molecular formula is C25H21N3O4. The molecule has 160 valence electrons. The van der Waals surface area contributed by atoms with Crippen molar-refractivity contribution < 1.29 is 14.5 Å². The summed E-state index contributed by atoms with van der Waals surface area (Å²) < 4.78 is 5.79. The number of hydrogen-bond donors (Lipinski definition) is 0. The third-order valence-corrected chi connectivity index (χ3v) is 6.58. The van der Waals surface area contributed by atoms with Crippen LogP contribution >= 0.6 is 0 Å². The van der Waals surface area contributed by atoms with Gasteiger partial charge in [0, 0.05) is 53.5 Å². The van der Waals surface area contributed by atoms with Gasteiger partial charge in [0.2, 0.25) is 0 Å². The van der Waals surface area contributed by atoms with Crippen LogP contribution in [-0.4, -0.2) is 29.1 Å². The highest BCUT2D eigenvalue weighted by Gasteiger charge is 2.42. The highest BCUT2D eigenvalue weighted by molar-refractivity contribution is 5.98. The van der Waals surface area contributed by atoms with Crippen molar-refractivity contribution in [3.05, 3.63) is 81.9 Å². The van der Waals surface area contributed by atoms with Gasteiger partial charge in [-0.05, 0) is 37.1 Å². The summed E-state index contributed by atoms with van der Waals surface area (Å²) >= 11 is 0. The molecule has 2 unspecified atom stereocenters. The monoisotopic (exact) mass is 427 g/mol. The fourth-order valence-corrected chi connectivity index (χ4v) is 5.16. The molecule has 2 fully saturated rings. The van der Waals surface area contributed by atoms with Gasteiger partial charge < -0.3 is 9.64 Å². The summed E-state index contributed by atoms with van der Waals surface area (Å²) in [5, 5.41) is 22.3. The molecule has 2 saturated heterocycles. The summed E-state index contributed by atoms with van der Waals surface area (Å²) in [5.41, 5.74) is 2.07. The van der Waals surface area contributed by atoms with Gasteiger partial charge in [0.05, 0.1) is 22.1 Å². The molecule has 0 spiro atoms. The van der Waals surface area contributed by atoms with Crippen molar-refractivity contribution >= 4 is 28.1 Å². The number of nitrogens with zero attached hydrogens (tertiary/aromatic N) is 3. The molecule has 0 aromatic heterocycles. The number of rotatable bonds is 4. The van der Waals surface area contributed by atoms with E-state index in [1.54, 1.807) is 0 Å². The predicted octanol–water partition coefficient (Wildman–Crippen LogP) is 4.98. The predicted molar refractivity (Wildman–Crippen MR) is 119 cm³/mol. The van der Waals surface area contributed by atoms with E-state index < -0.39 is 10.9 Å². The first kappa shape index (κ1) is 20.0. The number of carbonyl (C=O) groups is 1. The second-order valence-corrected chi connectivity index (χ2v) is 8.38. The molecule has 3 aromatic rings. The minimum Gasteiger partial charge on any atom is -0.459 e. The van der Waals surface area contributed by atoms with Crippen LogP contribution in [0.1, 0.15) is 41.6 Å². The van der Waals surface area contributed by atoms with E-state index in [-0.39, 0.29) is 23.9 Å². The zero-order valence-electron chi connectivity index (χ0n) is 17.3. The standard InChI is InChI=1S/C25H21N3O4/c26-15-17-7-12-24(23-4-2-1-3-22(17)23)27-19-10-11-20(27)14-21(13-19)32-25(29)16-5-8-18(9-6-16)28(30)31/h1-9,12,19-21H,10-11,13-14H2. The summed E-state index contributed by atoms with van der Waals surface area (Å²) in [7, 11) is 0. The third-order valence-electron chi connectivity index (χ3n) is 6.58. The topological polar surface area (TPSA) is 96.5 Å². The Balaban J connectivity index is 1.34. The maximum absolute atomic E-state index is 12.6. The summed E-state index contributed by atoms with van der Waals surface area (Å²) in [6.07, 6.45) is 3.36. The van der Waals surface area contributed by atoms with Crippen molar-refractivity contribution in [1.29, 1.82) is 5.26 Å². The van der Waals surface area contributed by atoms with Crippen LogP contribution in [-0.2, 0) is 4.74 Å². The molecule has 2 aliphatic heterocycles. The van der Waals surface area contributed by atoms with Gasteiger partial charge in [-0.15, -0.1) is 0 Å². The first-order valence-electron chi connectivity index (χ1n) is 10.7. The number of non-ortho nitro benzene ring substituents is 1. The van der Waals surface area contributed by atoms with Crippen LogP contribution in [0.25, 0.3) is 10.8 Å². The number of nitro benzene ring substituents is 1. The van der Waals surface area contributed by atoms with Crippen molar-refractivity contribution in [2.45, 2.75) is 43.9 Å². The van der Waals surface area contributed by atoms with Gasteiger partial charge in [-0.2, -0.15) is 5.26 Å². The van der Waals surface area contributed by atoms with E-state index in [2.05, 4.69) is 17.0 Å². The molecule has 2 aliphatic rings. The summed E-state index contributed by atoms with van der Waals surface area (Å²) in [4.78, 5) is 25.4. The average Bonchev–Trinajstić information content (AvgIpc) is 3.07. The van der Waals surface area contributed by atoms with Crippen LogP contribution in [0.5, 0.6) is 0 Å².